The average molecular weight is 527 g/mol. The number of aliphatic hydroxyl groups excluding tert-OH is 1. The van der Waals surface area contributed by atoms with Gasteiger partial charge in [0.1, 0.15) is 6.61 Å². The number of benzene rings is 2. The zero-order valence-corrected chi connectivity index (χ0v) is 21.2. The van der Waals surface area contributed by atoms with Gasteiger partial charge < -0.3 is 19.5 Å². The maximum absolute atomic E-state index is 13.4. The molecule has 0 spiro atoms. The van der Waals surface area contributed by atoms with Gasteiger partial charge in [-0.2, -0.15) is 4.31 Å². The van der Waals surface area contributed by atoms with Crippen molar-refractivity contribution in [2.45, 2.75) is 36.5 Å². The van der Waals surface area contributed by atoms with Crippen LogP contribution in [0, 0.1) is 0 Å². The molecule has 0 radical (unpaired) electrons. The van der Waals surface area contributed by atoms with Crippen molar-refractivity contribution < 1.29 is 27.8 Å². The third-order valence-corrected chi connectivity index (χ3v) is 8.70. The molecule has 0 saturated carbocycles. The van der Waals surface area contributed by atoms with Crippen LogP contribution in [0.4, 0.5) is 5.95 Å². The number of aromatic nitrogens is 2. The Morgan fingerprint density at radius 3 is 2.59 bits per heavy atom. The van der Waals surface area contributed by atoms with E-state index in [2.05, 4.69) is 9.97 Å². The summed E-state index contributed by atoms with van der Waals surface area (Å²) >= 11 is 0. The third kappa shape index (κ3) is 5.65. The predicted octanol–water partition coefficient (Wildman–Crippen LogP) is 2.23. The molecule has 2 aliphatic heterocycles. The molecular weight excluding hydrogens is 496 g/mol. The van der Waals surface area contributed by atoms with E-state index in [9.17, 15) is 18.3 Å². The van der Waals surface area contributed by atoms with Crippen LogP contribution >= 0.6 is 0 Å². The van der Waals surface area contributed by atoms with Gasteiger partial charge in [0.25, 0.3) is 0 Å². The van der Waals surface area contributed by atoms with Crippen molar-refractivity contribution in [3.05, 3.63) is 60.4 Å². The van der Waals surface area contributed by atoms with E-state index in [1.54, 1.807) is 18.2 Å². The number of ether oxygens (including phenoxy) is 2. The highest BCUT2D eigenvalue weighted by Gasteiger charge is 2.36. The standard InChI is InChI=1S/C26H30N4O6S/c31-17-22-16-29(26-27-14-21(15-28-26)24(32)18-36-25-7-3-4-12-35-25)10-11-30(22)37(33,34)23-9-8-19-5-1-2-6-20(19)13-23/h1-2,5-6,8-9,13-15,22,25,31H,3-4,7,10-12,16-18H2. The van der Waals surface area contributed by atoms with Crippen LogP contribution in [0.15, 0.2) is 59.8 Å². The minimum atomic E-state index is -3.82. The molecule has 11 heteroatoms. The van der Waals surface area contributed by atoms with Crippen molar-refractivity contribution in [3.63, 3.8) is 0 Å². The monoisotopic (exact) mass is 526 g/mol. The maximum Gasteiger partial charge on any atom is 0.243 e. The number of ketones is 1. The lowest BCUT2D eigenvalue weighted by atomic mass is 10.1. The first-order valence-electron chi connectivity index (χ1n) is 12.4. The molecule has 2 aliphatic rings. The smallest absolute Gasteiger partial charge is 0.243 e. The minimum Gasteiger partial charge on any atom is -0.395 e. The van der Waals surface area contributed by atoms with Crippen LogP contribution in [0.2, 0.25) is 0 Å². The van der Waals surface area contributed by atoms with Crippen LogP contribution in [0.5, 0.6) is 0 Å². The second-order valence-corrected chi connectivity index (χ2v) is 11.1. The van der Waals surface area contributed by atoms with Crippen molar-refractivity contribution in [1.29, 1.82) is 0 Å². The molecule has 1 aromatic heterocycles. The highest BCUT2D eigenvalue weighted by atomic mass is 32.2. The molecule has 3 aromatic rings. The normalized spacial score (nSPS) is 21.3. The summed E-state index contributed by atoms with van der Waals surface area (Å²) in [5, 5.41) is 11.8. The summed E-state index contributed by atoms with van der Waals surface area (Å²) in [5.41, 5.74) is 0.329. The number of Topliss-reactive ketones (excluding diaryl/α,β-unsaturated/α-hetero) is 1. The van der Waals surface area contributed by atoms with E-state index in [1.165, 1.54) is 16.7 Å². The van der Waals surface area contributed by atoms with Crippen LogP contribution in [0.3, 0.4) is 0 Å². The molecule has 196 valence electrons. The van der Waals surface area contributed by atoms with Crippen LogP contribution in [0.1, 0.15) is 29.6 Å². The number of piperazine rings is 1. The first-order valence-corrected chi connectivity index (χ1v) is 13.8. The van der Waals surface area contributed by atoms with Crippen LogP contribution in [-0.4, -0.2) is 85.4 Å². The van der Waals surface area contributed by atoms with Gasteiger partial charge >= 0.3 is 0 Å². The first kappa shape index (κ1) is 25.7. The van der Waals surface area contributed by atoms with Gasteiger partial charge in [-0.3, -0.25) is 4.79 Å². The molecule has 2 aromatic carbocycles. The van der Waals surface area contributed by atoms with E-state index < -0.39 is 16.1 Å². The van der Waals surface area contributed by atoms with E-state index in [1.807, 2.05) is 29.2 Å². The van der Waals surface area contributed by atoms with Crippen molar-refractivity contribution >= 4 is 32.5 Å². The highest BCUT2D eigenvalue weighted by molar-refractivity contribution is 7.89. The summed E-state index contributed by atoms with van der Waals surface area (Å²) in [6, 6.07) is 12.0. The number of aliphatic hydroxyl groups is 1. The molecule has 2 saturated heterocycles. The molecule has 5 rings (SSSR count). The van der Waals surface area contributed by atoms with Gasteiger partial charge in [-0.1, -0.05) is 30.3 Å². The van der Waals surface area contributed by atoms with Crippen LogP contribution < -0.4 is 4.90 Å². The second-order valence-electron chi connectivity index (χ2n) is 9.21. The SMILES string of the molecule is O=C(COC1CCCCO1)c1cnc(N2CCN(S(=O)(=O)c3ccc4ccccc4c3)C(CO)C2)nc1. The van der Waals surface area contributed by atoms with E-state index >= 15 is 0 Å². The Labute approximate surface area is 215 Å². The van der Waals surface area contributed by atoms with Gasteiger partial charge in [0, 0.05) is 38.6 Å². The summed E-state index contributed by atoms with van der Waals surface area (Å²) in [6.07, 6.45) is 5.34. The lowest BCUT2D eigenvalue weighted by Crippen LogP contribution is -2.57. The predicted molar refractivity (Wildman–Crippen MR) is 137 cm³/mol. The van der Waals surface area contributed by atoms with Gasteiger partial charge in [-0.25, -0.2) is 18.4 Å². The Hall–Kier alpha value is -2.96. The number of carbonyl (C=O) groups excluding carboxylic acids is 1. The van der Waals surface area contributed by atoms with Gasteiger partial charge in [-0.05, 0) is 42.2 Å². The molecule has 2 fully saturated rings. The number of rotatable bonds is 8. The number of hydrogen-bond acceptors (Lipinski definition) is 9. The molecule has 1 N–H and O–H groups in total. The summed E-state index contributed by atoms with van der Waals surface area (Å²) in [4.78, 5) is 23.1. The zero-order chi connectivity index (χ0) is 25.8. The molecule has 3 heterocycles. The fourth-order valence-corrected chi connectivity index (χ4v) is 6.31. The van der Waals surface area contributed by atoms with E-state index in [-0.39, 0.29) is 43.3 Å². The largest absolute Gasteiger partial charge is 0.395 e. The second kappa shape index (κ2) is 11.2. The summed E-state index contributed by atoms with van der Waals surface area (Å²) < 4.78 is 39.3. The number of anilines is 1. The Kier molecular flexibility index (Phi) is 7.77. The average Bonchev–Trinajstić information content (AvgIpc) is 2.96. The van der Waals surface area contributed by atoms with Gasteiger partial charge in [0.05, 0.1) is 23.1 Å². The fraction of sp³-hybridized carbons (Fsp3) is 0.423. The highest BCUT2D eigenvalue weighted by Crippen LogP contribution is 2.26. The maximum atomic E-state index is 13.4. The molecular formula is C26H30N4O6S. The van der Waals surface area contributed by atoms with Gasteiger partial charge in [0.2, 0.25) is 16.0 Å². The van der Waals surface area contributed by atoms with Crippen LogP contribution in [-0.2, 0) is 19.5 Å². The molecule has 2 atom stereocenters. The lowest BCUT2D eigenvalue weighted by molar-refractivity contribution is -0.155. The van der Waals surface area contributed by atoms with E-state index in [0.29, 0.717) is 24.7 Å². The molecule has 37 heavy (non-hydrogen) atoms. The Morgan fingerprint density at radius 2 is 1.86 bits per heavy atom. The summed E-state index contributed by atoms with van der Waals surface area (Å²) in [6.45, 7) is 0.922. The number of carbonyl (C=O) groups is 1. The quantitative estimate of drug-likeness (QED) is 0.440. The van der Waals surface area contributed by atoms with Crippen molar-refractivity contribution in [3.8, 4) is 0 Å². The Morgan fingerprint density at radius 1 is 1.08 bits per heavy atom. The Bertz CT molecular complexity index is 1340. The molecule has 10 nitrogen and oxygen atoms in total. The number of sulfonamides is 1. The third-order valence-electron chi connectivity index (χ3n) is 6.75. The number of nitrogens with zero attached hydrogens (tertiary/aromatic N) is 4. The summed E-state index contributed by atoms with van der Waals surface area (Å²) in [5.74, 6) is 0.134. The molecule has 0 bridgehead atoms. The van der Waals surface area contributed by atoms with Crippen molar-refractivity contribution in [2.24, 2.45) is 0 Å². The molecule has 2 unspecified atom stereocenters. The fourth-order valence-electron chi connectivity index (χ4n) is 4.67. The molecule has 0 aliphatic carbocycles. The Balaban J connectivity index is 1.24. The topological polar surface area (TPSA) is 122 Å². The first-order chi connectivity index (χ1) is 18.0. The van der Waals surface area contributed by atoms with Crippen LogP contribution in [0.25, 0.3) is 10.8 Å². The number of fused-ring (bicyclic) bond motifs is 1. The minimum absolute atomic E-state index is 0.106. The lowest BCUT2D eigenvalue weighted by Gasteiger charge is -2.39. The van der Waals surface area contributed by atoms with Gasteiger partial charge in [0.15, 0.2) is 12.1 Å². The zero-order valence-electron chi connectivity index (χ0n) is 20.4. The van der Waals surface area contributed by atoms with Crippen molar-refractivity contribution in [2.75, 3.05) is 44.4 Å². The van der Waals surface area contributed by atoms with Gasteiger partial charge in [-0.15, -0.1) is 0 Å². The van der Waals surface area contributed by atoms with E-state index in [0.717, 1.165) is 30.0 Å². The molecule has 0 amide bonds. The van der Waals surface area contributed by atoms with Crippen molar-refractivity contribution in [1.82, 2.24) is 14.3 Å². The number of hydrogen-bond donors (Lipinski definition) is 1. The van der Waals surface area contributed by atoms with E-state index in [4.69, 9.17) is 9.47 Å². The summed E-state index contributed by atoms with van der Waals surface area (Å²) in [7, 11) is -3.82.